The molecule has 0 saturated carbocycles. The average Bonchev–Trinajstić information content (AvgIpc) is 3.25. The van der Waals surface area contributed by atoms with Gasteiger partial charge in [-0.15, -0.1) is 10.2 Å². The molecule has 2 aromatic carbocycles. The summed E-state index contributed by atoms with van der Waals surface area (Å²) < 4.78 is 2.01. The lowest BCUT2D eigenvalue weighted by atomic mass is 9.94. The summed E-state index contributed by atoms with van der Waals surface area (Å²) in [5, 5.41) is 8.77. The van der Waals surface area contributed by atoms with Gasteiger partial charge in [0.2, 0.25) is 0 Å². The van der Waals surface area contributed by atoms with Crippen molar-refractivity contribution >= 4 is 22.5 Å². The van der Waals surface area contributed by atoms with Gasteiger partial charge < -0.3 is 10.6 Å². The Morgan fingerprint density at radius 3 is 2.38 bits per heavy atom. The smallest absolute Gasteiger partial charge is 0.252 e. The van der Waals surface area contributed by atoms with Crippen molar-refractivity contribution in [2.24, 2.45) is 0 Å². The molecule has 2 N–H and O–H groups in total. The van der Waals surface area contributed by atoms with E-state index in [-0.39, 0.29) is 0 Å². The van der Waals surface area contributed by atoms with Gasteiger partial charge in [-0.05, 0) is 36.2 Å². The summed E-state index contributed by atoms with van der Waals surface area (Å²) in [6.07, 6.45) is 3.51. The van der Waals surface area contributed by atoms with Crippen molar-refractivity contribution in [1.29, 1.82) is 0 Å². The highest BCUT2D eigenvalue weighted by atomic mass is 15.3. The van der Waals surface area contributed by atoms with Crippen molar-refractivity contribution in [3.63, 3.8) is 0 Å². The number of hydrogen-bond donors (Lipinski definition) is 1. The van der Waals surface area contributed by atoms with Gasteiger partial charge in [0.05, 0.1) is 17.2 Å². The van der Waals surface area contributed by atoms with E-state index < -0.39 is 5.54 Å². The maximum Gasteiger partial charge on any atom is 0.252 e. The van der Waals surface area contributed by atoms with Crippen LogP contribution in [0.3, 0.4) is 0 Å². The van der Waals surface area contributed by atoms with E-state index in [0.717, 1.165) is 44.7 Å². The topological polar surface area (TPSA) is 86.3 Å². The Morgan fingerprint density at radius 1 is 0.906 bits per heavy atom. The third-order valence-electron chi connectivity index (χ3n) is 5.80. The summed E-state index contributed by atoms with van der Waals surface area (Å²) in [6.45, 7) is 13.2. The van der Waals surface area contributed by atoms with Crippen molar-refractivity contribution in [2.45, 2.75) is 26.3 Å². The zero-order chi connectivity index (χ0) is 22.5. The largest absolute Gasteiger partial charge is 0.383 e. The molecule has 156 valence electrons. The quantitative estimate of drug-likeness (QED) is 0.414. The fourth-order valence-corrected chi connectivity index (χ4v) is 3.76. The third-order valence-corrected chi connectivity index (χ3v) is 5.80. The lowest BCUT2D eigenvalue weighted by Crippen LogP contribution is -2.10. The SMILES string of the molecule is [C-]#[N+]C(C)(C)c1ccc(-c2nnc3cnc4ccc(-c5cnc(N)c(C)c5)cc4n23)cc1. The van der Waals surface area contributed by atoms with Crippen molar-refractivity contribution in [2.75, 3.05) is 5.73 Å². The molecule has 32 heavy (non-hydrogen) atoms. The maximum absolute atomic E-state index is 7.43. The number of nitrogens with two attached hydrogens (primary N) is 1. The number of rotatable bonds is 3. The highest BCUT2D eigenvalue weighted by molar-refractivity contribution is 5.85. The van der Waals surface area contributed by atoms with Crippen LogP contribution in [0.25, 0.3) is 44.0 Å². The van der Waals surface area contributed by atoms with Gasteiger partial charge >= 0.3 is 0 Å². The Hall–Kier alpha value is -4.31. The molecule has 0 aliphatic heterocycles. The molecule has 0 atom stereocenters. The minimum Gasteiger partial charge on any atom is -0.383 e. The second kappa shape index (κ2) is 7.13. The Morgan fingerprint density at radius 2 is 1.66 bits per heavy atom. The van der Waals surface area contributed by atoms with Crippen molar-refractivity contribution < 1.29 is 0 Å². The molecule has 0 unspecified atom stereocenters. The van der Waals surface area contributed by atoms with Crippen molar-refractivity contribution in [3.05, 3.63) is 83.5 Å². The normalized spacial score (nSPS) is 11.7. The van der Waals surface area contributed by atoms with Gasteiger partial charge in [-0.25, -0.2) is 11.6 Å². The molecule has 7 nitrogen and oxygen atoms in total. The second-order valence-electron chi connectivity index (χ2n) is 8.35. The molecule has 0 radical (unpaired) electrons. The van der Waals surface area contributed by atoms with Crippen LogP contribution >= 0.6 is 0 Å². The molecule has 0 amide bonds. The van der Waals surface area contributed by atoms with Gasteiger partial charge in [-0.3, -0.25) is 9.38 Å². The molecule has 0 aliphatic rings. The number of benzene rings is 2. The number of pyridine rings is 1. The summed E-state index contributed by atoms with van der Waals surface area (Å²) in [4.78, 5) is 12.6. The molecule has 3 heterocycles. The standard InChI is InChI=1S/C25H21N7/c1-15-11-18(13-29-23(15)26)17-7-10-20-21(12-17)32-22(14-28-20)30-31-24(32)16-5-8-19(9-6-16)25(2,3)27-4/h5-14H,1-3H3,(H2,26,29). The van der Waals surface area contributed by atoms with Crippen molar-refractivity contribution in [3.8, 4) is 22.5 Å². The first-order chi connectivity index (χ1) is 15.4. The molecule has 0 spiro atoms. The van der Waals surface area contributed by atoms with Gasteiger partial charge in [0.25, 0.3) is 5.54 Å². The summed E-state index contributed by atoms with van der Waals surface area (Å²) in [6, 6.07) is 16.1. The van der Waals surface area contributed by atoms with Crippen LogP contribution in [0.1, 0.15) is 25.0 Å². The molecule has 3 aromatic heterocycles. The van der Waals surface area contributed by atoms with Crippen LogP contribution in [-0.2, 0) is 5.54 Å². The molecule has 0 saturated heterocycles. The van der Waals surface area contributed by atoms with Crippen LogP contribution in [0.2, 0.25) is 0 Å². The van der Waals surface area contributed by atoms with Gasteiger partial charge in [0.15, 0.2) is 11.5 Å². The molecular formula is C25H21N7. The Labute approximate surface area is 185 Å². The highest BCUT2D eigenvalue weighted by Crippen LogP contribution is 2.30. The van der Waals surface area contributed by atoms with Crippen LogP contribution < -0.4 is 5.73 Å². The number of fused-ring (bicyclic) bond motifs is 3. The van der Waals surface area contributed by atoms with Gasteiger partial charge in [-0.1, -0.05) is 30.3 Å². The number of aryl methyl sites for hydroxylation is 1. The Balaban J connectivity index is 1.69. The average molecular weight is 419 g/mol. The Kier molecular flexibility index (Phi) is 4.38. The third kappa shape index (κ3) is 3.13. The van der Waals surface area contributed by atoms with Crippen LogP contribution in [0.15, 0.2) is 60.9 Å². The first kappa shape index (κ1) is 19.6. The summed E-state index contributed by atoms with van der Waals surface area (Å²) in [7, 11) is 0. The van der Waals surface area contributed by atoms with E-state index in [4.69, 9.17) is 12.3 Å². The lowest BCUT2D eigenvalue weighted by molar-refractivity contribution is 0.664. The molecule has 5 rings (SSSR count). The fraction of sp³-hybridized carbons (Fsp3) is 0.160. The van der Waals surface area contributed by atoms with Crippen LogP contribution in [0.5, 0.6) is 0 Å². The monoisotopic (exact) mass is 419 g/mol. The van der Waals surface area contributed by atoms with E-state index >= 15 is 0 Å². The fourth-order valence-electron chi connectivity index (χ4n) is 3.76. The van der Waals surface area contributed by atoms with Crippen molar-refractivity contribution in [1.82, 2.24) is 24.6 Å². The van der Waals surface area contributed by atoms with Gasteiger partial charge in [0.1, 0.15) is 5.82 Å². The van der Waals surface area contributed by atoms with E-state index in [1.165, 1.54) is 0 Å². The predicted molar refractivity (Wildman–Crippen MR) is 126 cm³/mol. The van der Waals surface area contributed by atoms with Gasteiger partial charge in [0, 0.05) is 36.7 Å². The van der Waals surface area contributed by atoms with Crippen LogP contribution in [0.4, 0.5) is 5.82 Å². The predicted octanol–water partition coefficient (Wildman–Crippen LogP) is 5.05. The first-order valence-corrected chi connectivity index (χ1v) is 10.2. The van der Waals surface area contributed by atoms with Gasteiger partial charge in [-0.2, -0.15) is 0 Å². The number of hydrogen-bond acceptors (Lipinski definition) is 5. The zero-order valence-electron chi connectivity index (χ0n) is 18.0. The van der Waals surface area contributed by atoms with Crippen LogP contribution in [0, 0.1) is 13.5 Å². The van der Waals surface area contributed by atoms with E-state index in [1.54, 1.807) is 12.4 Å². The first-order valence-electron chi connectivity index (χ1n) is 10.2. The number of anilines is 1. The van der Waals surface area contributed by atoms with E-state index in [1.807, 2.05) is 67.6 Å². The van der Waals surface area contributed by atoms with E-state index in [2.05, 4.69) is 31.1 Å². The number of aromatic nitrogens is 5. The number of nitrogens with zero attached hydrogens (tertiary/aromatic N) is 6. The molecule has 7 heteroatoms. The van der Waals surface area contributed by atoms with Crippen LogP contribution in [-0.4, -0.2) is 24.6 Å². The minimum atomic E-state index is -0.567. The maximum atomic E-state index is 7.43. The molecule has 0 aliphatic carbocycles. The molecular weight excluding hydrogens is 398 g/mol. The molecule has 0 bridgehead atoms. The summed E-state index contributed by atoms with van der Waals surface area (Å²) in [5.41, 5.74) is 12.5. The summed E-state index contributed by atoms with van der Waals surface area (Å²) >= 11 is 0. The molecule has 0 fully saturated rings. The minimum absolute atomic E-state index is 0.532. The second-order valence-corrected chi connectivity index (χ2v) is 8.35. The highest BCUT2D eigenvalue weighted by Gasteiger charge is 2.25. The zero-order valence-corrected chi connectivity index (χ0v) is 18.0. The number of nitrogen functional groups attached to an aromatic ring is 1. The van der Waals surface area contributed by atoms with E-state index in [9.17, 15) is 0 Å². The lowest BCUT2D eigenvalue weighted by Gasteiger charge is -2.12. The molecule has 5 aromatic rings. The van der Waals surface area contributed by atoms with E-state index in [0.29, 0.717) is 11.5 Å². The summed E-state index contributed by atoms with van der Waals surface area (Å²) in [5.74, 6) is 1.26. The Bertz CT molecular complexity index is 1520.